The molecule has 1 aromatic carbocycles. The quantitative estimate of drug-likeness (QED) is 0.651. The van der Waals surface area contributed by atoms with Crippen molar-refractivity contribution in [1.82, 2.24) is 5.32 Å². The summed E-state index contributed by atoms with van der Waals surface area (Å²) in [6.45, 7) is 3.41. The van der Waals surface area contributed by atoms with E-state index in [9.17, 15) is 18.8 Å². The number of benzene rings is 1. The summed E-state index contributed by atoms with van der Waals surface area (Å²) in [7, 11) is 0. The SMILES string of the molecule is CC(C)C(NC(=O)Nc1ccc(C(=O)O)c(F)c1)C(N)=O. The Morgan fingerprint density at radius 1 is 1.29 bits per heavy atom. The number of anilines is 1. The zero-order valence-electron chi connectivity index (χ0n) is 11.5. The topological polar surface area (TPSA) is 122 Å². The van der Waals surface area contributed by atoms with Gasteiger partial charge in [-0.2, -0.15) is 0 Å². The predicted molar refractivity (Wildman–Crippen MR) is 73.3 cm³/mol. The summed E-state index contributed by atoms with van der Waals surface area (Å²) in [5.41, 5.74) is 4.71. The fourth-order valence-electron chi connectivity index (χ4n) is 1.64. The van der Waals surface area contributed by atoms with Crippen LogP contribution in [0.15, 0.2) is 18.2 Å². The molecule has 1 aromatic rings. The van der Waals surface area contributed by atoms with Crippen LogP contribution in [0.1, 0.15) is 24.2 Å². The average Bonchev–Trinajstić information content (AvgIpc) is 2.34. The summed E-state index contributed by atoms with van der Waals surface area (Å²) in [5.74, 6) is -3.28. The Balaban J connectivity index is 2.77. The van der Waals surface area contributed by atoms with Crippen LogP contribution in [-0.2, 0) is 4.79 Å². The molecule has 0 saturated heterocycles. The number of urea groups is 1. The Morgan fingerprint density at radius 2 is 1.90 bits per heavy atom. The fourth-order valence-corrected chi connectivity index (χ4v) is 1.64. The van der Waals surface area contributed by atoms with E-state index >= 15 is 0 Å². The van der Waals surface area contributed by atoms with E-state index in [1.807, 2.05) is 0 Å². The summed E-state index contributed by atoms with van der Waals surface area (Å²) in [6.07, 6.45) is 0. The number of carboxylic acid groups (broad SMARTS) is 1. The zero-order valence-corrected chi connectivity index (χ0v) is 11.5. The molecule has 0 radical (unpaired) electrons. The van der Waals surface area contributed by atoms with E-state index in [1.165, 1.54) is 6.07 Å². The first kappa shape index (κ1) is 16.4. The van der Waals surface area contributed by atoms with E-state index in [0.717, 1.165) is 12.1 Å². The maximum Gasteiger partial charge on any atom is 0.338 e. The highest BCUT2D eigenvalue weighted by atomic mass is 19.1. The minimum Gasteiger partial charge on any atom is -0.478 e. The van der Waals surface area contributed by atoms with E-state index in [4.69, 9.17) is 10.8 Å². The van der Waals surface area contributed by atoms with E-state index < -0.39 is 35.3 Å². The minimum absolute atomic E-state index is 0.0574. The second-order valence-corrected chi connectivity index (χ2v) is 4.72. The van der Waals surface area contributed by atoms with Crippen LogP contribution in [-0.4, -0.2) is 29.1 Å². The summed E-state index contributed by atoms with van der Waals surface area (Å²) in [4.78, 5) is 33.5. The van der Waals surface area contributed by atoms with Gasteiger partial charge in [-0.1, -0.05) is 13.8 Å². The number of aromatic carboxylic acids is 1. The van der Waals surface area contributed by atoms with E-state index in [1.54, 1.807) is 13.8 Å². The van der Waals surface area contributed by atoms with Gasteiger partial charge in [0.05, 0.1) is 5.56 Å². The molecule has 21 heavy (non-hydrogen) atoms. The van der Waals surface area contributed by atoms with Crippen molar-refractivity contribution in [2.45, 2.75) is 19.9 Å². The summed E-state index contributed by atoms with van der Waals surface area (Å²) in [5, 5.41) is 13.3. The highest BCUT2D eigenvalue weighted by Crippen LogP contribution is 2.14. The van der Waals surface area contributed by atoms with Gasteiger partial charge in [0.15, 0.2) is 0 Å². The zero-order chi connectivity index (χ0) is 16.2. The number of carbonyl (C=O) groups is 3. The second kappa shape index (κ2) is 6.69. The molecule has 5 N–H and O–H groups in total. The van der Waals surface area contributed by atoms with Crippen LogP contribution >= 0.6 is 0 Å². The van der Waals surface area contributed by atoms with Gasteiger partial charge in [0.25, 0.3) is 0 Å². The Bertz CT molecular complexity index is 575. The first-order chi connectivity index (χ1) is 9.72. The van der Waals surface area contributed by atoms with Crippen LogP contribution in [0.4, 0.5) is 14.9 Å². The summed E-state index contributed by atoms with van der Waals surface area (Å²) < 4.78 is 13.4. The summed E-state index contributed by atoms with van der Waals surface area (Å²) in [6, 6.07) is 1.53. The number of carboxylic acids is 1. The molecule has 7 nitrogen and oxygen atoms in total. The van der Waals surface area contributed by atoms with Gasteiger partial charge < -0.3 is 21.5 Å². The molecule has 0 aliphatic carbocycles. The van der Waals surface area contributed by atoms with Gasteiger partial charge in [-0.3, -0.25) is 4.79 Å². The maximum atomic E-state index is 13.4. The van der Waals surface area contributed by atoms with Gasteiger partial charge >= 0.3 is 12.0 Å². The van der Waals surface area contributed by atoms with Crippen LogP contribution in [0.5, 0.6) is 0 Å². The maximum absolute atomic E-state index is 13.4. The van der Waals surface area contributed by atoms with Gasteiger partial charge in [-0.15, -0.1) is 0 Å². The monoisotopic (exact) mass is 297 g/mol. The van der Waals surface area contributed by atoms with Gasteiger partial charge in [-0.25, -0.2) is 14.0 Å². The number of amides is 3. The fraction of sp³-hybridized carbons (Fsp3) is 0.308. The Hall–Kier alpha value is -2.64. The Labute approximate surface area is 120 Å². The number of primary amides is 1. The molecule has 0 heterocycles. The molecule has 1 atom stereocenters. The number of nitrogens with one attached hydrogen (secondary N) is 2. The van der Waals surface area contributed by atoms with Gasteiger partial charge in [0, 0.05) is 5.69 Å². The van der Waals surface area contributed by atoms with E-state index in [-0.39, 0.29) is 11.6 Å². The van der Waals surface area contributed by atoms with Crippen molar-refractivity contribution >= 4 is 23.6 Å². The van der Waals surface area contributed by atoms with Crippen molar-refractivity contribution in [3.63, 3.8) is 0 Å². The normalized spacial score (nSPS) is 11.8. The molecule has 114 valence electrons. The number of nitrogens with two attached hydrogens (primary N) is 1. The number of halogens is 1. The van der Waals surface area contributed by atoms with Gasteiger partial charge in [0.1, 0.15) is 11.9 Å². The smallest absolute Gasteiger partial charge is 0.338 e. The van der Waals surface area contributed by atoms with Crippen molar-refractivity contribution in [2.24, 2.45) is 11.7 Å². The first-order valence-electron chi connectivity index (χ1n) is 6.12. The molecule has 0 aromatic heterocycles. The first-order valence-corrected chi connectivity index (χ1v) is 6.12. The third-order valence-electron chi connectivity index (χ3n) is 2.72. The number of hydrogen-bond donors (Lipinski definition) is 4. The molecule has 1 unspecified atom stereocenters. The molecule has 0 fully saturated rings. The third-order valence-corrected chi connectivity index (χ3v) is 2.72. The van der Waals surface area contributed by atoms with Crippen LogP contribution in [0, 0.1) is 11.7 Å². The molecule has 0 aliphatic heterocycles. The molecular formula is C13H16FN3O4. The van der Waals surface area contributed by atoms with Crippen molar-refractivity contribution in [3.8, 4) is 0 Å². The molecule has 0 saturated carbocycles. The molecule has 3 amide bonds. The summed E-state index contributed by atoms with van der Waals surface area (Å²) >= 11 is 0. The molecule has 0 aliphatic rings. The van der Waals surface area contributed by atoms with E-state index in [2.05, 4.69) is 10.6 Å². The lowest BCUT2D eigenvalue weighted by Crippen LogP contribution is -2.49. The number of carbonyl (C=O) groups excluding carboxylic acids is 2. The molecule has 1 rings (SSSR count). The largest absolute Gasteiger partial charge is 0.478 e. The number of hydrogen-bond acceptors (Lipinski definition) is 3. The molecular weight excluding hydrogens is 281 g/mol. The van der Waals surface area contributed by atoms with Crippen LogP contribution in [0.3, 0.4) is 0 Å². The van der Waals surface area contributed by atoms with Crippen molar-refractivity contribution in [2.75, 3.05) is 5.32 Å². The Morgan fingerprint density at radius 3 is 2.33 bits per heavy atom. The number of rotatable bonds is 5. The molecule has 0 spiro atoms. The lowest BCUT2D eigenvalue weighted by atomic mass is 10.0. The third kappa shape index (κ3) is 4.44. The van der Waals surface area contributed by atoms with Crippen molar-refractivity contribution < 1.29 is 23.9 Å². The van der Waals surface area contributed by atoms with Crippen molar-refractivity contribution in [1.29, 1.82) is 0 Å². The van der Waals surface area contributed by atoms with Crippen molar-refractivity contribution in [3.05, 3.63) is 29.6 Å². The van der Waals surface area contributed by atoms with Crippen LogP contribution in [0.2, 0.25) is 0 Å². The molecule has 8 heteroatoms. The van der Waals surface area contributed by atoms with Crippen LogP contribution in [0.25, 0.3) is 0 Å². The second-order valence-electron chi connectivity index (χ2n) is 4.72. The predicted octanol–water partition coefficient (Wildman–Crippen LogP) is 1.16. The van der Waals surface area contributed by atoms with E-state index in [0.29, 0.717) is 0 Å². The van der Waals surface area contributed by atoms with Gasteiger partial charge in [0.2, 0.25) is 5.91 Å². The minimum atomic E-state index is -1.41. The lowest BCUT2D eigenvalue weighted by Gasteiger charge is -2.19. The highest BCUT2D eigenvalue weighted by Gasteiger charge is 2.21. The standard InChI is InChI=1S/C13H16FN3O4/c1-6(2)10(11(15)18)17-13(21)16-7-3-4-8(12(19)20)9(14)5-7/h3-6,10H,1-2H3,(H2,15,18)(H,19,20)(H2,16,17,21). The lowest BCUT2D eigenvalue weighted by molar-refractivity contribution is -0.120. The van der Waals surface area contributed by atoms with Gasteiger partial charge in [-0.05, 0) is 24.1 Å². The molecule has 0 bridgehead atoms. The Kier molecular flexibility index (Phi) is 5.23. The van der Waals surface area contributed by atoms with Crippen LogP contribution < -0.4 is 16.4 Å². The average molecular weight is 297 g/mol. The highest BCUT2D eigenvalue weighted by molar-refractivity contribution is 5.94.